The molecule has 0 saturated carbocycles. The van der Waals surface area contributed by atoms with Gasteiger partial charge in [0.25, 0.3) is 0 Å². The van der Waals surface area contributed by atoms with Gasteiger partial charge in [-0.3, -0.25) is 0 Å². The van der Waals surface area contributed by atoms with Crippen molar-refractivity contribution in [2.45, 2.75) is 25.5 Å². The number of hydrogen-bond donors (Lipinski definition) is 1. The van der Waals surface area contributed by atoms with Gasteiger partial charge in [0.15, 0.2) is 5.69 Å². The van der Waals surface area contributed by atoms with Gasteiger partial charge in [-0.2, -0.15) is 5.10 Å². The molecule has 0 bridgehead atoms. The molecular weight excluding hydrogens is 264 g/mol. The summed E-state index contributed by atoms with van der Waals surface area (Å²) in [6.45, 7) is 0.713. The van der Waals surface area contributed by atoms with Crippen molar-refractivity contribution in [2.75, 3.05) is 6.61 Å². The number of carbonyl (C=O) groups is 1. The minimum Gasteiger partial charge on any atom is -0.476 e. The van der Waals surface area contributed by atoms with Gasteiger partial charge in [-0.25, -0.2) is 9.48 Å². The van der Waals surface area contributed by atoms with Crippen molar-refractivity contribution < 1.29 is 14.6 Å². The van der Waals surface area contributed by atoms with Crippen LogP contribution in [0.25, 0.3) is 0 Å². The molecule has 1 aromatic rings. The van der Waals surface area contributed by atoms with Crippen molar-refractivity contribution in [3.63, 3.8) is 0 Å². The lowest BCUT2D eigenvalue weighted by Gasteiger charge is -2.22. The van der Waals surface area contributed by atoms with Gasteiger partial charge < -0.3 is 9.84 Å². The van der Waals surface area contributed by atoms with Crippen molar-refractivity contribution in [2.24, 2.45) is 0 Å². The Morgan fingerprint density at radius 3 is 3.00 bits per heavy atom. The highest BCUT2D eigenvalue weighted by Gasteiger charge is 2.20. The van der Waals surface area contributed by atoms with Crippen LogP contribution < -0.4 is 0 Å². The Labute approximate surface area is 95.2 Å². The van der Waals surface area contributed by atoms with Crippen LogP contribution in [-0.4, -0.2) is 27.5 Å². The highest BCUT2D eigenvalue weighted by Crippen LogP contribution is 2.24. The number of nitrogens with zero attached hydrogens (tertiary/aromatic N) is 2. The van der Waals surface area contributed by atoms with E-state index in [0.717, 1.165) is 19.3 Å². The standard InChI is InChI=1S/C9H11BrN2O3/c10-6-5-12(11-8(6)9(13)14)7-3-1-2-4-15-7/h5,7H,1-4H2,(H,13,14). The average Bonchev–Trinajstić information content (AvgIpc) is 2.62. The number of halogens is 1. The molecule has 0 aliphatic carbocycles. The summed E-state index contributed by atoms with van der Waals surface area (Å²) in [5, 5.41) is 12.8. The van der Waals surface area contributed by atoms with Gasteiger partial charge in [-0.05, 0) is 35.2 Å². The van der Waals surface area contributed by atoms with Gasteiger partial charge >= 0.3 is 5.97 Å². The van der Waals surface area contributed by atoms with Gasteiger partial charge in [0.1, 0.15) is 6.23 Å². The number of aromatic nitrogens is 2. The van der Waals surface area contributed by atoms with Crippen molar-refractivity contribution in [1.82, 2.24) is 9.78 Å². The molecule has 1 unspecified atom stereocenters. The summed E-state index contributed by atoms with van der Waals surface area (Å²) < 4.78 is 7.56. The van der Waals surface area contributed by atoms with Crippen LogP contribution in [0.5, 0.6) is 0 Å². The van der Waals surface area contributed by atoms with E-state index in [4.69, 9.17) is 9.84 Å². The fourth-order valence-electron chi connectivity index (χ4n) is 1.59. The van der Waals surface area contributed by atoms with E-state index in [0.29, 0.717) is 11.1 Å². The molecule has 6 heteroatoms. The second-order valence-corrected chi connectivity index (χ2v) is 4.29. The molecule has 2 rings (SSSR count). The first-order valence-electron chi connectivity index (χ1n) is 4.78. The van der Waals surface area contributed by atoms with E-state index >= 15 is 0 Å². The van der Waals surface area contributed by atoms with Crippen LogP contribution in [0.3, 0.4) is 0 Å². The third-order valence-corrected chi connectivity index (χ3v) is 2.92. The Morgan fingerprint density at radius 2 is 2.47 bits per heavy atom. The third-order valence-electron chi connectivity index (χ3n) is 2.34. The molecule has 0 aromatic carbocycles. The Bertz CT molecular complexity index is 371. The van der Waals surface area contributed by atoms with Crippen LogP contribution in [-0.2, 0) is 4.74 Å². The molecule has 15 heavy (non-hydrogen) atoms. The topological polar surface area (TPSA) is 64.3 Å². The monoisotopic (exact) mass is 274 g/mol. The fraction of sp³-hybridized carbons (Fsp3) is 0.556. The zero-order chi connectivity index (χ0) is 10.8. The fourth-order valence-corrected chi connectivity index (χ4v) is 2.05. The SMILES string of the molecule is O=C(O)c1nn(C2CCCCO2)cc1Br. The molecule has 0 radical (unpaired) electrons. The predicted molar refractivity (Wildman–Crippen MR) is 55.7 cm³/mol. The molecule has 1 saturated heterocycles. The molecule has 0 amide bonds. The highest BCUT2D eigenvalue weighted by atomic mass is 79.9. The molecule has 5 nitrogen and oxygen atoms in total. The molecule has 1 aliphatic heterocycles. The van der Waals surface area contributed by atoms with Gasteiger partial charge in [0, 0.05) is 12.8 Å². The van der Waals surface area contributed by atoms with Gasteiger partial charge in [0.05, 0.1) is 4.47 Å². The van der Waals surface area contributed by atoms with E-state index in [2.05, 4.69) is 21.0 Å². The summed E-state index contributed by atoms with van der Waals surface area (Å²) in [6, 6.07) is 0. The van der Waals surface area contributed by atoms with Gasteiger partial charge in [-0.1, -0.05) is 0 Å². The maximum atomic E-state index is 10.8. The summed E-state index contributed by atoms with van der Waals surface area (Å²) in [7, 11) is 0. The van der Waals surface area contributed by atoms with Gasteiger partial charge in [0.2, 0.25) is 0 Å². The lowest BCUT2D eigenvalue weighted by atomic mass is 10.2. The lowest BCUT2D eigenvalue weighted by Crippen LogP contribution is -2.19. The minimum absolute atomic E-state index is 0.0316. The van der Waals surface area contributed by atoms with E-state index in [-0.39, 0.29) is 11.9 Å². The summed E-state index contributed by atoms with van der Waals surface area (Å²) in [6.07, 6.45) is 4.56. The number of carboxylic acids is 1. The zero-order valence-corrected chi connectivity index (χ0v) is 9.61. The largest absolute Gasteiger partial charge is 0.476 e. The smallest absolute Gasteiger partial charge is 0.357 e. The average molecular weight is 275 g/mol. The number of hydrogen-bond acceptors (Lipinski definition) is 3. The maximum Gasteiger partial charge on any atom is 0.357 e. The van der Waals surface area contributed by atoms with Crippen molar-refractivity contribution in [3.8, 4) is 0 Å². The lowest BCUT2D eigenvalue weighted by molar-refractivity contribution is -0.0396. The molecule has 1 aliphatic rings. The molecule has 2 heterocycles. The molecule has 1 aromatic heterocycles. The second kappa shape index (κ2) is 4.32. The summed E-state index contributed by atoms with van der Waals surface area (Å²) in [5.41, 5.74) is 0.0316. The van der Waals surface area contributed by atoms with Crippen LogP contribution in [0.4, 0.5) is 0 Å². The first kappa shape index (κ1) is 10.6. The molecule has 1 atom stereocenters. The van der Waals surface area contributed by atoms with Crippen LogP contribution in [0, 0.1) is 0 Å². The van der Waals surface area contributed by atoms with Crippen LogP contribution in [0.2, 0.25) is 0 Å². The molecular formula is C9H11BrN2O3. The number of rotatable bonds is 2. The maximum absolute atomic E-state index is 10.8. The molecule has 1 N–H and O–H groups in total. The van der Waals surface area contributed by atoms with E-state index in [1.807, 2.05) is 0 Å². The van der Waals surface area contributed by atoms with E-state index < -0.39 is 5.97 Å². The van der Waals surface area contributed by atoms with Crippen molar-refractivity contribution in [1.29, 1.82) is 0 Å². The summed E-state index contributed by atoms with van der Waals surface area (Å²) >= 11 is 3.16. The van der Waals surface area contributed by atoms with E-state index in [9.17, 15) is 4.79 Å². The Balaban J connectivity index is 2.21. The third kappa shape index (κ3) is 2.21. The number of carboxylic acid groups (broad SMARTS) is 1. The predicted octanol–water partition coefficient (Wildman–Crippen LogP) is 2.04. The summed E-state index contributed by atoms with van der Waals surface area (Å²) in [5.74, 6) is -1.03. The molecule has 1 fully saturated rings. The first-order chi connectivity index (χ1) is 7.18. The van der Waals surface area contributed by atoms with Crippen molar-refractivity contribution >= 4 is 21.9 Å². The number of aromatic carboxylic acids is 1. The van der Waals surface area contributed by atoms with Crippen LogP contribution in [0.1, 0.15) is 36.0 Å². The Morgan fingerprint density at radius 1 is 1.67 bits per heavy atom. The van der Waals surface area contributed by atoms with E-state index in [1.54, 1.807) is 10.9 Å². The molecule has 0 spiro atoms. The minimum atomic E-state index is -1.03. The molecule has 82 valence electrons. The Hall–Kier alpha value is -0.880. The van der Waals surface area contributed by atoms with Gasteiger partial charge in [-0.15, -0.1) is 0 Å². The van der Waals surface area contributed by atoms with Crippen molar-refractivity contribution in [3.05, 3.63) is 16.4 Å². The Kier molecular flexibility index (Phi) is 3.06. The second-order valence-electron chi connectivity index (χ2n) is 3.43. The summed E-state index contributed by atoms with van der Waals surface area (Å²) in [4.78, 5) is 10.8. The zero-order valence-electron chi connectivity index (χ0n) is 8.02. The van der Waals surface area contributed by atoms with Crippen LogP contribution >= 0.6 is 15.9 Å². The first-order valence-corrected chi connectivity index (χ1v) is 5.57. The highest BCUT2D eigenvalue weighted by molar-refractivity contribution is 9.10. The van der Waals surface area contributed by atoms with E-state index in [1.165, 1.54) is 0 Å². The normalized spacial score (nSPS) is 21.5. The quantitative estimate of drug-likeness (QED) is 0.897. The number of ether oxygens (including phenoxy) is 1. The van der Waals surface area contributed by atoms with Crippen LogP contribution in [0.15, 0.2) is 10.7 Å².